The molecule has 0 saturated heterocycles. The van der Waals surface area contributed by atoms with Gasteiger partial charge in [-0.25, -0.2) is 4.79 Å². The topological polar surface area (TPSA) is 90.5 Å². The molecule has 0 unspecified atom stereocenters. The summed E-state index contributed by atoms with van der Waals surface area (Å²) in [4.78, 5) is 37.0. The summed E-state index contributed by atoms with van der Waals surface area (Å²) in [7, 11) is 0. The lowest BCUT2D eigenvalue weighted by molar-refractivity contribution is -0.135. The second-order valence-electron chi connectivity index (χ2n) is 6.52. The smallest absolute Gasteiger partial charge is 0.333 e. The number of nitrogens with zero attached hydrogens (tertiary/aromatic N) is 1. The molecule has 168 valence electrons. The van der Waals surface area contributed by atoms with Crippen molar-refractivity contribution < 1.29 is 18.7 Å². The Morgan fingerprint density at radius 1 is 1.22 bits per heavy atom. The van der Waals surface area contributed by atoms with Crippen LogP contribution >= 0.6 is 34.5 Å². The van der Waals surface area contributed by atoms with Crippen molar-refractivity contribution in [2.45, 2.75) is 20.4 Å². The summed E-state index contributed by atoms with van der Waals surface area (Å²) in [5.41, 5.74) is 0.200. The highest BCUT2D eigenvalue weighted by atomic mass is 35.5. The average Bonchev–Trinajstić information content (AvgIpc) is 3.31. The number of carbonyl (C=O) groups is 2. The Labute approximate surface area is 197 Å². The largest absolute Gasteiger partial charge is 0.463 e. The van der Waals surface area contributed by atoms with E-state index in [4.69, 9.17) is 32.4 Å². The van der Waals surface area contributed by atoms with Crippen LogP contribution in [0, 0.1) is 0 Å². The van der Waals surface area contributed by atoms with Crippen molar-refractivity contribution in [3.8, 4) is 11.3 Å². The normalized spacial score (nSPS) is 12.2. The van der Waals surface area contributed by atoms with Gasteiger partial charge in [-0.05, 0) is 44.2 Å². The lowest BCUT2D eigenvalue weighted by atomic mass is 10.2. The number of carbonyl (C=O) groups excluding carboxylic acids is 2. The minimum Gasteiger partial charge on any atom is -0.463 e. The second-order valence-corrected chi connectivity index (χ2v) is 8.42. The standard InChI is InChI=1S/C22H20Cl2N2O5S/c1-3-25-19(27)12-26-20(11-21(28)30-4-2)32-18(22(26)29)10-14-6-8-17(31-14)15-9-13(23)5-7-16(15)24/h5-11H,3-4,12H2,1-2H3,(H,25,27)/b18-10+,20-11+. The molecule has 0 atom stereocenters. The Morgan fingerprint density at radius 2 is 2.00 bits per heavy atom. The van der Waals surface area contributed by atoms with Crippen LogP contribution in [0.15, 0.2) is 39.5 Å². The molecule has 0 bridgehead atoms. The number of ether oxygens (including phenoxy) is 1. The van der Waals surface area contributed by atoms with E-state index in [1.165, 1.54) is 10.6 Å². The predicted octanol–water partition coefficient (Wildman–Crippen LogP) is 2.79. The SMILES string of the molecule is CCNC(=O)Cn1c(=O)/c(=C\c2ccc(-c3cc(Cl)ccc3Cl)o2)s/c1=C/C(=O)OCC. The number of thiazole rings is 1. The van der Waals surface area contributed by atoms with Crippen LogP contribution in [0.3, 0.4) is 0 Å². The average molecular weight is 495 g/mol. The van der Waals surface area contributed by atoms with Gasteiger partial charge in [-0.2, -0.15) is 0 Å². The molecule has 2 aromatic heterocycles. The fourth-order valence-electron chi connectivity index (χ4n) is 2.86. The molecule has 3 rings (SSSR count). The first-order chi connectivity index (χ1) is 15.3. The van der Waals surface area contributed by atoms with E-state index < -0.39 is 11.5 Å². The van der Waals surface area contributed by atoms with Gasteiger partial charge in [-0.3, -0.25) is 14.2 Å². The van der Waals surface area contributed by atoms with Gasteiger partial charge in [0, 0.05) is 23.2 Å². The first kappa shape index (κ1) is 23.8. The molecule has 1 amide bonds. The summed E-state index contributed by atoms with van der Waals surface area (Å²) in [6.07, 6.45) is 2.75. The molecule has 2 heterocycles. The Bertz CT molecular complexity index is 1320. The van der Waals surface area contributed by atoms with Gasteiger partial charge in [0.05, 0.1) is 22.2 Å². The summed E-state index contributed by atoms with van der Waals surface area (Å²) >= 11 is 13.3. The van der Waals surface area contributed by atoms with Crippen molar-refractivity contribution in [1.82, 2.24) is 9.88 Å². The van der Waals surface area contributed by atoms with Crippen LogP contribution in [0.5, 0.6) is 0 Å². The Balaban J connectivity index is 2.06. The maximum Gasteiger partial charge on any atom is 0.333 e. The molecular formula is C22H20Cl2N2O5S. The number of likely N-dealkylation sites (N-methyl/N-ethyl adjacent to an activating group) is 1. The highest BCUT2D eigenvalue weighted by Crippen LogP contribution is 2.31. The van der Waals surface area contributed by atoms with E-state index in [1.807, 2.05) is 0 Å². The third kappa shape index (κ3) is 5.70. The zero-order chi connectivity index (χ0) is 23.3. The molecule has 0 spiro atoms. The van der Waals surface area contributed by atoms with Crippen LogP contribution in [0.4, 0.5) is 0 Å². The summed E-state index contributed by atoms with van der Waals surface area (Å²) < 4.78 is 12.6. The second kappa shape index (κ2) is 10.7. The molecular weight excluding hydrogens is 475 g/mol. The molecule has 32 heavy (non-hydrogen) atoms. The molecule has 3 aromatic rings. The van der Waals surface area contributed by atoms with Gasteiger partial charge in [0.25, 0.3) is 5.56 Å². The van der Waals surface area contributed by atoms with Gasteiger partial charge in [-0.15, -0.1) is 11.3 Å². The number of benzene rings is 1. The molecule has 1 N–H and O–H groups in total. The van der Waals surface area contributed by atoms with Gasteiger partial charge >= 0.3 is 5.97 Å². The first-order valence-corrected chi connectivity index (χ1v) is 11.3. The molecule has 10 heteroatoms. The molecule has 0 radical (unpaired) electrons. The van der Waals surface area contributed by atoms with Crippen molar-refractivity contribution in [2.24, 2.45) is 0 Å². The minimum absolute atomic E-state index is 0.196. The molecule has 7 nitrogen and oxygen atoms in total. The van der Waals surface area contributed by atoms with E-state index in [0.29, 0.717) is 42.9 Å². The third-order valence-electron chi connectivity index (χ3n) is 4.23. The number of hydrogen-bond acceptors (Lipinski definition) is 6. The first-order valence-electron chi connectivity index (χ1n) is 9.74. The number of hydrogen-bond donors (Lipinski definition) is 1. The number of nitrogens with one attached hydrogen (secondary N) is 1. The minimum atomic E-state index is -0.596. The lowest BCUT2D eigenvalue weighted by Crippen LogP contribution is -2.38. The van der Waals surface area contributed by atoms with Gasteiger partial charge in [0.1, 0.15) is 22.7 Å². The van der Waals surface area contributed by atoms with Crippen molar-refractivity contribution in [3.05, 3.63) is 65.7 Å². The predicted molar refractivity (Wildman–Crippen MR) is 125 cm³/mol. The molecule has 0 aliphatic rings. The maximum atomic E-state index is 13.0. The van der Waals surface area contributed by atoms with E-state index >= 15 is 0 Å². The number of aromatic nitrogens is 1. The molecule has 0 fully saturated rings. The van der Waals surface area contributed by atoms with Gasteiger partial charge in [-0.1, -0.05) is 23.2 Å². The summed E-state index contributed by atoms with van der Waals surface area (Å²) in [6.45, 7) is 3.86. The summed E-state index contributed by atoms with van der Waals surface area (Å²) in [5, 5.41) is 3.63. The fourth-order valence-corrected chi connectivity index (χ4v) is 4.26. The number of halogens is 2. The monoisotopic (exact) mass is 494 g/mol. The van der Waals surface area contributed by atoms with E-state index in [0.717, 1.165) is 11.3 Å². The quantitative estimate of drug-likeness (QED) is 0.510. The van der Waals surface area contributed by atoms with Crippen LogP contribution in [0.25, 0.3) is 23.5 Å². The van der Waals surface area contributed by atoms with Crippen molar-refractivity contribution >= 4 is 58.6 Å². The molecule has 0 saturated carbocycles. The molecule has 0 aliphatic carbocycles. The van der Waals surface area contributed by atoms with Crippen molar-refractivity contribution in [2.75, 3.05) is 13.2 Å². The highest BCUT2D eigenvalue weighted by molar-refractivity contribution is 7.07. The highest BCUT2D eigenvalue weighted by Gasteiger charge is 2.12. The Morgan fingerprint density at radius 3 is 2.72 bits per heavy atom. The number of furan rings is 1. The van der Waals surface area contributed by atoms with Crippen LogP contribution in [-0.4, -0.2) is 29.6 Å². The van der Waals surface area contributed by atoms with Crippen molar-refractivity contribution in [3.63, 3.8) is 0 Å². The lowest BCUT2D eigenvalue weighted by Gasteiger charge is -2.02. The van der Waals surface area contributed by atoms with Crippen molar-refractivity contribution in [1.29, 1.82) is 0 Å². The van der Waals surface area contributed by atoms with Crippen LogP contribution in [0.1, 0.15) is 19.6 Å². The Hall–Kier alpha value is -2.81. The molecule has 0 aliphatic heterocycles. The van der Waals surface area contributed by atoms with E-state index in [1.54, 1.807) is 50.3 Å². The maximum absolute atomic E-state index is 13.0. The number of amides is 1. The number of esters is 1. The van der Waals surface area contributed by atoms with Gasteiger partial charge in [0.15, 0.2) is 0 Å². The van der Waals surface area contributed by atoms with Gasteiger partial charge < -0.3 is 14.5 Å². The fraction of sp³-hybridized carbons (Fsp3) is 0.227. The van der Waals surface area contributed by atoms with E-state index in [-0.39, 0.29) is 19.1 Å². The van der Waals surface area contributed by atoms with Crippen LogP contribution in [-0.2, 0) is 20.9 Å². The van der Waals surface area contributed by atoms with Crippen LogP contribution < -0.4 is 20.1 Å². The summed E-state index contributed by atoms with van der Waals surface area (Å²) in [6, 6.07) is 8.43. The molecule has 1 aromatic carbocycles. The number of rotatable bonds is 7. The van der Waals surface area contributed by atoms with Gasteiger partial charge in [0.2, 0.25) is 5.91 Å². The Kier molecular flexibility index (Phi) is 7.95. The zero-order valence-electron chi connectivity index (χ0n) is 17.3. The van der Waals surface area contributed by atoms with Crippen LogP contribution in [0.2, 0.25) is 10.0 Å². The van der Waals surface area contributed by atoms with E-state index in [9.17, 15) is 14.4 Å². The third-order valence-corrected chi connectivity index (χ3v) is 5.86. The van der Waals surface area contributed by atoms with E-state index in [2.05, 4.69) is 5.32 Å². The zero-order valence-corrected chi connectivity index (χ0v) is 19.6. The summed E-state index contributed by atoms with van der Waals surface area (Å²) in [5.74, 6) is -0.0438.